The van der Waals surface area contributed by atoms with Gasteiger partial charge in [0.25, 0.3) is 0 Å². The van der Waals surface area contributed by atoms with Crippen LogP contribution in [0.2, 0.25) is 0 Å². The maximum Gasteiger partial charge on any atom is 0.408 e. The summed E-state index contributed by atoms with van der Waals surface area (Å²) in [5.41, 5.74) is 5.15. The van der Waals surface area contributed by atoms with Crippen molar-refractivity contribution < 1.29 is 29.0 Å². The normalized spacial score (nSPS) is 12.8. The van der Waals surface area contributed by atoms with E-state index in [1.54, 1.807) is 20.8 Å². The second kappa shape index (κ2) is 11.0. The van der Waals surface area contributed by atoms with Crippen molar-refractivity contribution in [2.24, 2.45) is 0 Å². The number of ether oxygens (including phenoxy) is 2. The highest BCUT2D eigenvalue weighted by molar-refractivity contribution is 5.80. The van der Waals surface area contributed by atoms with E-state index in [4.69, 9.17) is 9.47 Å². The molecule has 0 saturated heterocycles. The molecule has 3 rings (SSSR count). The van der Waals surface area contributed by atoms with E-state index in [-0.39, 0.29) is 13.0 Å². The third kappa shape index (κ3) is 6.97. The van der Waals surface area contributed by atoms with E-state index in [2.05, 4.69) is 28.8 Å². The first-order valence-corrected chi connectivity index (χ1v) is 11.5. The minimum Gasteiger partial charge on any atom is -0.480 e. The quantitative estimate of drug-likeness (QED) is 0.395. The largest absolute Gasteiger partial charge is 0.480 e. The number of hydrogen-bond donors (Lipinski definition) is 3. The van der Waals surface area contributed by atoms with Crippen molar-refractivity contribution in [3.63, 3.8) is 0 Å². The predicted octanol–water partition coefficient (Wildman–Crippen LogP) is 4.63. The van der Waals surface area contributed by atoms with Gasteiger partial charge in [0.2, 0.25) is 0 Å². The van der Waals surface area contributed by atoms with Gasteiger partial charge in [0.15, 0.2) is 0 Å². The molecule has 34 heavy (non-hydrogen) atoms. The summed E-state index contributed by atoms with van der Waals surface area (Å²) in [5.74, 6) is -1.13. The number of amides is 2. The zero-order valence-electron chi connectivity index (χ0n) is 19.8. The molecule has 2 aromatic carbocycles. The first-order chi connectivity index (χ1) is 16.1. The summed E-state index contributed by atoms with van der Waals surface area (Å²) >= 11 is 0. The number of rotatable bonds is 9. The lowest BCUT2D eigenvalue weighted by Crippen LogP contribution is -2.43. The number of benzene rings is 2. The van der Waals surface area contributed by atoms with Crippen molar-refractivity contribution in [2.45, 2.75) is 64.7 Å². The topological polar surface area (TPSA) is 114 Å². The van der Waals surface area contributed by atoms with Crippen molar-refractivity contribution in [3.05, 3.63) is 59.2 Å². The molecule has 0 heterocycles. The van der Waals surface area contributed by atoms with E-state index in [0.29, 0.717) is 19.4 Å². The van der Waals surface area contributed by atoms with Gasteiger partial charge in [0.05, 0.1) is 0 Å². The highest BCUT2D eigenvalue weighted by atomic mass is 16.6. The van der Waals surface area contributed by atoms with Crippen molar-refractivity contribution >= 4 is 18.2 Å². The molecule has 0 spiro atoms. The lowest BCUT2D eigenvalue weighted by molar-refractivity contribution is -0.139. The number of carbonyl (C=O) groups is 3. The second-order valence-corrected chi connectivity index (χ2v) is 9.31. The molecule has 1 aliphatic carbocycles. The van der Waals surface area contributed by atoms with Gasteiger partial charge in [0.1, 0.15) is 18.2 Å². The maximum absolute atomic E-state index is 12.1. The number of unbranched alkanes of at least 4 members (excludes halogenated alkanes) is 1. The molecule has 0 saturated carbocycles. The van der Waals surface area contributed by atoms with Crippen LogP contribution in [0.25, 0.3) is 11.1 Å². The number of hydrogen-bond acceptors (Lipinski definition) is 5. The predicted molar refractivity (Wildman–Crippen MR) is 128 cm³/mol. The Kier molecular flexibility index (Phi) is 8.15. The average Bonchev–Trinajstić information content (AvgIpc) is 3.14. The second-order valence-electron chi connectivity index (χ2n) is 9.31. The van der Waals surface area contributed by atoms with Gasteiger partial charge in [-0.25, -0.2) is 14.4 Å². The molecule has 182 valence electrons. The molecular weight excluding hydrogens is 436 g/mol. The van der Waals surface area contributed by atoms with E-state index >= 15 is 0 Å². The van der Waals surface area contributed by atoms with Crippen molar-refractivity contribution in [2.75, 3.05) is 6.54 Å². The molecule has 0 fully saturated rings. The number of alkyl carbamates (subject to hydrolysis) is 2. The molecular formula is C26H32N2O6. The van der Waals surface area contributed by atoms with Crippen molar-refractivity contribution in [1.29, 1.82) is 0 Å². The molecule has 1 aliphatic rings. The fourth-order valence-electron chi connectivity index (χ4n) is 3.92. The van der Waals surface area contributed by atoms with Crippen LogP contribution in [0, 0.1) is 0 Å². The van der Waals surface area contributed by atoms with Gasteiger partial charge >= 0.3 is 18.2 Å². The molecule has 0 aliphatic heterocycles. The van der Waals surface area contributed by atoms with Crippen LogP contribution in [-0.4, -0.2) is 41.4 Å². The summed E-state index contributed by atoms with van der Waals surface area (Å²) in [6.45, 7) is 5.64. The van der Waals surface area contributed by atoms with E-state index in [1.807, 2.05) is 24.3 Å². The number of carbonyl (C=O) groups excluding carboxylic acids is 2. The maximum atomic E-state index is 12.1. The lowest BCUT2D eigenvalue weighted by atomic mass is 10.0. The molecule has 2 amide bonds. The van der Waals surface area contributed by atoms with Crippen LogP contribution in [0.1, 0.15) is 56.7 Å². The smallest absolute Gasteiger partial charge is 0.408 e. The van der Waals surface area contributed by atoms with Crippen LogP contribution in [0.3, 0.4) is 0 Å². The van der Waals surface area contributed by atoms with Crippen LogP contribution in [-0.2, 0) is 27.3 Å². The number of aliphatic carboxylic acids is 1. The fraction of sp³-hybridized carbons (Fsp3) is 0.423. The first kappa shape index (κ1) is 25.1. The summed E-state index contributed by atoms with van der Waals surface area (Å²) in [6, 6.07) is 13.3. The molecule has 0 bridgehead atoms. The van der Waals surface area contributed by atoms with Crippen molar-refractivity contribution in [3.8, 4) is 11.1 Å². The Hall–Kier alpha value is -3.55. The molecule has 2 aromatic rings. The first-order valence-electron chi connectivity index (χ1n) is 11.5. The zero-order chi connectivity index (χ0) is 24.7. The molecule has 1 atom stereocenters. The van der Waals surface area contributed by atoms with Gasteiger partial charge in [-0.15, -0.1) is 0 Å². The molecule has 0 radical (unpaired) electrons. The zero-order valence-corrected chi connectivity index (χ0v) is 19.8. The monoisotopic (exact) mass is 468 g/mol. The highest BCUT2D eigenvalue weighted by Crippen LogP contribution is 2.38. The van der Waals surface area contributed by atoms with Crippen LogP contribution in [0.5, 0.6) is 0 Å². The van der Waals surface area contributed by atoms with Crippen LogP contribution < -0.4 is 10.6 Å². The lowest BCUT2D eigenvalue weighted by Gasteiger charge is -2.22. The Bertz CT molecular complexity index is 1040. The molecule has 1 unspecified atom stereocenters. The van der Waals surface area contributed by atoms with Crippen LogP contribution >= 0.6 is 0 Å². The summed E-state index contributed by atoms with van der Waals surface area (Å²) in [5, 5.41) is 14.4. The minimum atomic E-state index is -1.13. The summed E-state index contributed by atoms with van der Waals surface area (Å²) in [6.07, 6.45) is 0.811. The van der Waals surface area contributed by atoms with Crippen LogP contribution in [0.4, 0.5) is 9.59 Å². The number of fused-ring (bicyclic) bond motifs is 3. The standard InChI is InChI=1S/C26H32N2O6/c1-26(2,3)34-25(32)28-22(23(29)30)13-6-7-14-27-24(31)33-16-18-10-8-12-20-19-11-5-4-9-17(19)15-21(18)20/h4-5,8-12,22H,6-7,13-16H2,1-3H3,(H,27,31)(H,28,32)(H,29,30). The Morgan fingerprint density at radius 1 is 1.00 bits per heavy atom. The molecule has 8 heteroatoms. The van der Waals surface area contributed by atoms with E-state index < -0.39 is 29.8 Å². The summed E-state index contributed by atoms with van der Waals surface area (Å²) in [4.78, 5) is 35.3. The fourth-order valence-corrected chi connectivity index (χ4v) is 3.92. The van der Waals surface area contributed by atoms with Gasteiger partial charge in [0, 0.05) is 6.54 Å². The van der Waals surface area contributed by atoms with Gasteiger partial charge in [-0.3, -0.25) is 0 Å². The van der Waals surface area contributed by atoms with Gasteiger partial charge in [-0.05, 0) is 74.3 Å². The van der Waals surface area contributed by atoms with Gasteiger partial charge < -0.3 is 25.2 Å². The Balaban J connectivity index is 1.38. The average molecular weight is 469 g/mol. The van der Waals surface area contributed by atoms with Gasteiger partial charge in [-0.1, -0.05) is 42.5 Å². The SMILES string of the molecule is CC(C)(C)OC(=O)NC(CCCCNC(=O)OCc1cccc2c1Cc1ccccc1-2)C(=O)O. The molecule has 3 N–H and O–H groups in total. The third-order valence-electron chi connectivity index (χ3n) is 5.48. The highest BCUT2D eigenvalue weighted by Gasteiger charge is 2.24. The molecule has 8 nitrogen and oxygen atoms in total. The summed E-state index contributed by atoms with van der Waals surface area (Å²) < 4.78 is 10.5. The Morgan fingerprint density at radius 2 is 1.74 bits per heavy atom. The number of carboxylic acid groups (broad SMARTS) is 1. The third-order valence-corrected chi connectivity index (χ3v) is 5.48. The van der Waals surface area contributed by atoms with E-state index in [9.17, 15) is 19.5 Å². The van der Waals surface area contributed by atoms with Crippen LogP contribution in [0.15, 0.2) is 42.5 Å². The summed E-state index contributed by atoms with van der Waals surface area (Å²) in [7, 11) is 0. The number of nitrogens with one attached hydrogen (secondary N) is 2. The minimum absolute atomic E-state index is 0.184. The Morgan fingerprint density at radius 3 is 2.47 bits per heavy atom. The van der Waals surface area contributed by atoms with Gasteiger partial charge in [-0.2, -0.15) is 0 Å². The number of carboxylic acids is 1. The Labute approximate surface area is 199 Å². The molecule has 0 aromatic heterocycles. The van der Waals surface area contributed by atoms with E-state index in [1.165, 1.54) is 22.3 Å². The van der Waals surface area contributed by atoms with Crippen molar-refractivity contribution in [1.82, 2.24) is 10.6 Å². The van der Waals surface area contributed by atoms with E-state index in [0.717, 1.165) is 12.0 Å².